The van der Waals surface area contributed by atoms with Gasteiger partial charge < -0.3 is 10.6 Å². The van der Waals surface area contributed by atoms with Crippen molar-refractivity contribution < 1.29 is 9.72 Å². The van der Waals surface area contributed by atoms with Crippen molar-refractivity contribution in [1.82, 2.24) is 15.6 Å². The zero-order valence-electron chi connectivity index (χ0n) is 13.6. The van der Waals surface area contributed by atoms with Crippen LogP contribution in [0.15, 0.2) is 29.6 Å². The van der Waals surface area contributed by atoms with Crippen molar-refractivity contribution in [3.63, 3.8) is 0 Å². The van der Waals surface area contributed by atoms with Crippen LogP contribution in [0.1, 0.15) is 23.8 Å². The quantitative estimate of drug-likeness (QED) is 0.626. The Labute approximate surface area is 155 Å². The summed E-state index contributed by atoms with van der Waals surface area (Å²) in [6.07, 6.45) is 0.909. The van der Waals surface area contributed by atoms with Gasteiger partial charge in [0.1, 0.15) is 10.7 Å². The summed E-state index contributed by atoms with van der Waals surface area (Å²) >= 11 is 1.35. The van der Waals surface area contributed by atoms with E-state index >= 15 is 0 Å². The van der Waals surface area contributed by atoms with Gasteiger partial charge in [-0.05, 0) is 37.6 Å². The number of amides is 1. The van der Waals surface area contributed by atoms with Crippen LogP contribution in [0.3, 0.4) is 0 Å². The number of nitrogens with one attached hydrogen (secondary N) is 2. The lowest BCUT2D eigenvalue weighted by Gasteiger charge is -2.29. The van der Waals surface area contributed by atoms with Crippen molar-refractivity contribution in [1.29, 1.82) is 0 Å². The Hall–Kier alpha value is -2.03. The number of benzene rings is 1. The van der Waals surface area contributed by atoms with Crippen molar-refractivity contribution in [2.45, 2.75) is 19.4 Å². The highest BCUT2D eigenvalue weighted by molar-refractivity contribution is 7.13. The van der Waals surface area contributed by atoms with E-state index in [9.17, 15) is 14.9 Å². The minimum Gasteiger partial charge on any atom is -0.348 e. The molecule has 1 fully saturated rings. The zero-order chi connectivity index (χ0) is 17.1. The van der Waals surface area contributed by atoms with Gasteiger partial charge in [0.15, 0.2) is 0 Å². The molecule has 1 aliphatic heterocycles. The molecule has 2 heterocycles. The molecule has 1 saturated heterocycles. The number of rotatable bonds is 4. The van der Waals surface area contributed by atoms with Gasteiger partial charge in [-0.3, -0.25) is 14.9 Å². The molecule has 2 aromatic rings. The molecular weight excluding hydrogens is 364 g/mol. The summed E-state index contributed by atoms with van der Waals surface area (Å²) in [5, 5.41) is 19.4. The Morgan fingerprint density at radius 2 is 2.12 bits per heavy atom. The third-order valence-electron chi connectivity index (χ3n) is 4.16. The van der Waals surface area contributed by atoms with Crippen molar-refractivity contribution in [2.75, 3.05) is 13.1 Å². The van der Waals surface area contributed by atoms with E-state index in [1.807, 2.05) is 0 Å². The van der Waals surface area contributed by atoms with Gasteiger partial charge >= 0.3 is 0 Å². The molecule has 0 bridgehead atoms. The molecule has 0 spiro atoms. The van der Waals surface area contributed by atoms with Crippen molar-refractivity contribution >= 4 is 35.3 Å². The molecule has 1 aromatic carbocycles. The molecule has 2 unspecified atom stereocenters. The van der Waals surface area contributed by atoms with Crippen molar-refractivity contribution in [3.8, 4) is 10.6 Å². The molecule has 25 heavy (non-hydrogen) atoms. The van der Waals surface area contributed by atoms with Crippen LogP contribution < -0.4 is 10.6 Å². The maximum absolute atomic E-state index is 12.4. The monoisotopic (exact) mass is 382 g/mol. The van der Waals surface area contributed by atoms with Gasteiger partial charge in [0.2, 0.25) is 0 Å². The molecule has 2 N–H and O–H groups in total. The fourth-order valence-electron chi connectivity index (χ4n) is 2.71. The van der Waals surface area contributed by atoms with E-state index in [0.717, 1.165) is 25.1 Å². The number of halogens is 1. The van der Waals surface area contributed by atoms with Gasteiger partial charge in [-0.25, -0.2) is 4.98 Å². The van der Waals surface area contributed by atoms with Crippen LogP contribution in [0.4, 0.5) is 5.69 Å². The van der Waals surface area contributed by atoms with Gasteiger partial charge in [0.05, 0.1) is 4.92 Å². The van der Waals surface area contributed by atoms with Crippen LogP contribution in [0, 0.1) is 16.0 Å². The third kappa shape index (κ3) is 4.53. The molecule has 7 nitrogen and oxygen atoms in total. The standard InChI is InChI=1S/C16H18N4O3S.ClH/c1-10-8-17-7-6-13(10)18-15(21)14-9-24-16(19-14)11-2-4-12(5-3-11)20(22)23;/h2-5,9-10,13,17H,6-8H2,1H3,(H,18,21);1H. The number of thiazole rings is 1. The Morgan fingerprint density at radius 3 is 2.76 bits per heavy atom. The fraction of sp³-hybridized carbons (Fsp3) is 0.375. The van der Waals surface area contributed by atoms with E-state index in [1.165, 1.54) is 23.5 Å². The van der Waals surface area contributed by atoms with Gasteiger partial charge in [-0.1, -0.05) is 6.92 Å². The smallest absolute Gasteiger partial charge is 0.271 e. The predicted molar refractivity (Wildman–Crippen MR) is 99.4 cm³/mol. The van der Waals surface area contributed by atoms with Crippen molar-refractivity contribution in [3.05, 3.63) is 45.5 Å². The van der Waals surface area contributed by atoms with Crippen LogP contribution in [0.5, 0.6) is 0 Å². The number of carbonyl (C=O) groups excluding carboxylic acids is 1. The van der Waals surface area contributed by atoms with Crippen molar-refractivity contribution in [2.24, 2.45) is 5.92 Å². The van der Waals surface area contributed by atoms with Crippen LogP contribution in [0.25, 0.3) is 10.6 Å². The maximum atomic E-state index is 12.4. The minimum absolute atomic E-state index is 0. The normalized spacial score (nSPS) is 19.7. The molecule has 134 valence electrons. The van der Waals surface area contributed by atoms with E-state index in [-0.39, 0.29) is 30.0 Å². The maximum Gasteiger partial charge on any atom is 0.271 e. The van der Waals surface area contributed by atoms with Crippen LogP contribution >= 0.6 is 23.7 Å². The molecule has 0 saturated carbocycles. The zero-order valence-corrected chi connectivity index (χ0v) is 15.2. The number of nitro benzene ring substituents is 1. The largest absolute Gasteiger partial charge is 0.348 e. The molecule has 1 amide bonds. The summed E-state index contributed by atoms with van der Waals surface area (Å²) in [6, 6.07) is 6.32. The Kier molecular flexibility index (Phi) is 6.46. The summed E-state index contributed by atoms with van der Waals surface area (Å²) in [5.74, 6) is 0.216. The lowest BCUT2D eigenvalue weighted by Crippen LogP contribution is -2.48. The van der Waals surface area contributed by atoms with E-state index in [1.54, 1.807) is 17.5 Å². The summed E-state index contributed by atoms with van der Waals surface area (Å²) in [4.78, 5) is 27.0. The van der Waals surface area contributed by atoms with E-state index in [2.05, 4.69) is 22.5 Å². The number of hydrogen-bond acceptors (Lipinski definition) is 6. The van der Waals surface area contributed by atoms with Gasteiger partial charge in [-0.2, -0.15) is 0 Å². The average molecular weight is 383 g/mol. The lowest BCUT2D eigenvalue weighted by atomic mass is 9.95. The number of nitrogens with zero attached hydrogens (tertiary/aromatic N) is 2. The summed E-state index contributed by atoms with van der Waals surface area (Å²) in [6.45, 7) is 3.91. The number of hydrogen-bond donors (Lipinski definition) is 2. The second-order valence-electron chi connectivity index (χ2n) is 5.89. The minimum atomic E-state index is -0.440. The molecule has 2 atom stereocenters. The summed E-state index contributed by atoms with van der Waals surface area (Å²) in [5.41, 5.74) is 1.19. The molecule has 0 aliphatic carbocycles. The summed E-state index contributed by atoms with van der Waals surface area (Å²) in [7, 11) is 0. The van der Waals surface area contributed by atoms with E-state index in [0.29, 0.717) is 16.6 Å². The molecule has 0 radical (unpaired) electrons. The predicted octanol–water partition coefficient (Wildman–Crippen LogP) is 2.87. The molecule has 9 heteroatoms. The average Bonchev–Trinajstić information content (AvgIpc) is 3.07. The SMILES string of the molecule is CC1CNCCC1NC(=O)c1csc(-c2ccc([N+](=O)[O-])cc2)n1.Cl. The molecule has 1 aliphatic rings. The first-order chi connectivity index (χ1) is 11.5. The number of non-ortho nitro benzene ring substituents is 1. The molecule has 3 rings (SSSR count). The number of carbonyl (C=O) groups is 1. The van der Waals surface area contributed by atoms with E-state index in [4.69, 9.17) is 0 Å². The van der Waals surface area contributed by atoms with Gasteiger partial charge in [0, 0.05) is 29.1 Å². The first kappa shape index (κ1) is 19.3. The number of nitro groups is 1. The first-order valence-corrected chi connectivity index (χ1v) is 8.64. The Morgan fingerprint density at radius 1 is 1.40 bits per heavy atom. The Bertz CT molecular complexity index is 750. The third-order valence-corrected chi connectivity index (χ3v) is 5.06. The lowest BCUT2D eigenvalue weighted by molar-refractivity contribution is -0.384. The highest BCUT2D eigenvalue weighted by Gasteiger charge is 2.24. The number of piperidine rings is 1. The highest BCUT2D eigenvalue weighted by atomic mass is 35.5. The van der Waals surface area contributed by atoms with Gasteiger partial charge in [0.25, 0.3) is 11.6 Å². The number of aromatic nitrogens is 1. The van der Waals surface area contributed by atoms with Crippen LogP contribution in [-0.4, -0.2) is 34.9 Å². The molecule has 1 aromatic heterocycles. The molecular formula is C16H19ClN4O3S. The Balaban J connectivity index is 0.00000225. The first-order valence-electron chi connectivity index (χ1n) is 7.76. The summed E-state index contributed by atoms with van der Waals surface area (Å²) < 4.78 is 0. The second-order valence-corrected chi connectivity index (χ2v) is 6.75. The van der Waals surface area contributed by atoms with Crippen LogP contribution in [0.2, 0.25) is 0 Å². The highest BCUT2D eigenvalue weighted by Crippen LogP contribution is 2.26. The fourth-order valence-corrected chi connectivity index (χ4v) is 3.51. The van der Waals surface area contributed by atoms with E-state index < -0.39 is 4.92 Å². The van der Waals surface area contributed by atoms with Crippen LogP contribution in [-0.2, 0) is 0 Å². The van der Waals surface area contributed by atoms with Gasteiger partial charge in [-0.15, -0.1) is 23.7 Å². The second kappa shape index (κ2) is 8.37. The topological polar surface area (TPSA) is 97.2 Å².